The molecule has 0 aromatic carbocycles. The van der Waals surface area contributed by atoms with E-state index >= 15 is 0 Å². The summed E-state index contributed by atoms with van der Waals surface area (Å²) in [6.07, 6.45) is 3.40. The van der Waals surface area contributed by atoms with Crippen LogP contribution in [0.2, 0.25) is 0 Å². The first-order valence-electron chi connectivity index (χ1n) is 8.04. The molecule has 0 aliphatic carbocycles. The third kappa shape index (κ3) is 3.23. The van der Waals surface area contributed by atoms with E-state index in [4.69, 9.17) is 0 Å². The van der Waals surface area contributed by atoms with Gasteiger partial charge in [0.1, 0.15) is 0 Å². The van der Waals surface area contributed by atoms with Crippen LogP contribution in [-0.2, 0) is 13.1 Å². The third-order valence-corrected chi connectivity index (χ3v) is 4.52. The summed E-state index contributed by atoms with van der Waals surface area (Å²) in [5, 5.41) is 2.88. The Hall–Kier alpha value is -1.49. The van der Waals surface area contributed by atoms with E-state index in [1.54, 1.807) is 0 Å². The van der Waals surface area contributed by atoms with E-state index in [-0.39, 0.29) is 6.03 Å². The van der Waals surface area contributed by atoms with E-state index in [9.17, 15) is 4.79 Å². The fraction of sp³-hybridized carbons (Fsp3) is 0.688. The smallest absolute Gasteiger partial charge is 0.317 e. The van der Waals surface area contributed by atoms with E-state index in [2.05, 4.69) is 47.0 Å². The summed E-state index contributed by atoms with van der Waals surface area (Å²) in [7, 11) is 0. The molecule has 0 saturated carbocycles. The molecule has 0 unspecified atom stereocenters. The highest BCUT2D eigenvalue weighted by Gasteiger charge is 2.36. The molecule has 2 amide bonds. The third-order valence-electron chi connectivity index (χ3n) is 4.52. The quantitative estimate of drug-likeness (QED) is 0.867. The van der Waals surface area contributed by atoms with Gasteiger partial charge in [0.05, 0.1) is 6.04 Å². The Bertz CT molecular complexity index is 490. The number of carbonyl (C=O) groups is 1. The van der Waals surface area contributed by atoms with Crippen LogP contribution in [0.5, 0.6) is 0 Å². The number of carbonyl (C=O) groups excluding carboxylic acids is 1. The molecule has 1 aromatic heterocycles. The summed E-state index contributed by atoms with van der Waals surface area (Å²) in [5.74, 6) is 0.738. The van der Waals surface area contributed by atoms with Gasteiger partial charge in [0.25, 0.3) is 0 Å². The normalized spacial score (nSPS) is 20.1. The van der Waals surface area contributed by atoms with E-state index in [1.807, 2.05) is 4.90 Å². The van der Waals surface area contributed by atoms with Gasteiger partial charge in [0.15, 0.2) is 0 Å². The van der Waals surface area contributed by atoms with Crippen LogP contribution in [0.3, 0.4) is 0 Å². The van der Waals surface area contributed by atoms with Gasteiger partial charge in [-0.25, -0.2) is 4.79 Å². The molecule has 2 aliphatic heterocycles. The molecule has 0 spiro atoms. The first kappa shape index (κ1) is 14.4. The molecule has 0 radical (unpaired) electrons. The van der Waals surface area contributed by atoms with Crippen molar-refractivity contribution in [1.82, 2.24) is 19.7 Å². The SMILES string of the molecule is CC(C)CCn1cccc1CN1CC(N2CCNC2=O)C1. The zero-order valence-corrected chi connectivity index (χ0v) is 13.1. The fourth-order valence-electron chi connectivity index (χ4n) is 3.14. The van der Waals surface area contributed by atoms with Crippen LogP contribution in [0.15, 0.2) is 18.3 Å². The van der Waals surface area contributed by atoms with Crippen molar-refractivity contribution in [2.75, 3.05) is 26.2 Å². The highest BCUT2D eigenvalue weighted by atomic mass is 16.2. The molecule has 0 bridgehead atoms. The van der Waals surface area contributed by atoms with Crippen LogP contribution in [0.25, 0.3) is 0 Å². The van der Waals surface area contributed by atoms with Gasteiger partial charge in [-0.3, -0.25) is 4.90 Å². The summed E-state index contributed by atoms with van der Waals surface area (Å²) in [4.78, 5) is 16.0. The second kappa shape index (κ2) is 6.10. The van der Waals surface area contributed by atoms with Crippen LogP contribution >= 0.6 is 0 Å². The Morgan fingerprint density at radius 1 is 1.38 bits per heavy atom. The molecule has 3 heterocycles. The fourth-order valence-corrected chi connectivity index (χ4v) is 3.14. The van der Waals surface area contributed by atoms with Crippen molar-refractivity contribution in [3.05, 3.63) is 24.0 Å². The van der Waals surface area contributed by atoms with Crippen molar-refractivity contribution in [1.29, 1.82) is 0 Å². The van der Waals surface area contributed by atoms with Crippen molar-refractivity contribution in [2.24, 2.45) is 5.92 Å². The zero-order chi connectivity index (χ0) is 14.8. The molecule has 1 N–H and O–H groups in total. The van der Waals surface area contributed by atoms with E-state index < -0.39 is 0 Å². The molecular formula is C16H26N4O. The molecule has 2 fully saturated rings. The van der Waals surface area contributed by atoms with Crippen LogP contribution < -0.4 is 5.32 Å². The topological polar surface area (TPSA) is 40.5 Å². The summed E-state index contributed by atoms with van der Waals surface area (Å²) in [6.45, 7) is 10.3. The van der Waals surface area contributed by atoms with Crippen LogP contribution in [-0.4, -0.2) is 52.6 Å². The second-order valence-electron chi connectivity index (χ2n) is 6.65. The Morgan fingerprint density at radius 3 is 2.86 bits per heavy atom. The molecule has 21 heavy (non-hydrogen) atoms. The van der Waals surface area contributed by atoms with Gasteiger partial charge in [-0.1, -0.05) is 13.8 Å². The van der Waals surface area contributed by atoms with Crippen molar-refractivity contribution in [3.63, 3.8) is 0 Å². The average Bonchev–Trinajstić information content (AvgIpc) is 3.00. The number of aryl methyl sites for hydroxylation is 1. The van der Waals surface area contributed by atoms with Crippen molar-refractivity contribution in [2.45, 2.75) is 39.4 Å². The number of nitrogens with zero attached hydrogens (tertiary/aromatic N) is 3. The van der Waals surface area contributed by atoms with Gasteiger partial charge in [-0.2, -0.15) is 0 Å². The Kier molecular flexibility index (Phi) is 4.19. The number of urea groups is 1. The minimum Gasteiger partial charge on any atom is -0.350 e. The van der Waals surface area contributed by atoms with Gasteiger partial charge in [-0.05, 0) is 24.5 Å². The lowest BCUT2D eigenvalue weighted by Gasteiger charge is -2.43. The maximum Gasteiger partial charge on any atom is 0.317 e. The standard InChI is InChI=1S/C16H26N4O/c1-13(2)5-8-19-7-3-4-14(19)10-18-11-15(12-18)20-9-6-17-16(20)21/h3-4,7,13,15H,5-6,8-12H2,1-2H3,(H,17,21). The zero-order valence-electron chi connectivity index (χ0n) is 13.1. The Balaban J connectivity index is 1.48. The second-order valence-corrected chi connectivity index (χ2v) is 6.65. The lowest BCUT2D eigenvalue weighted by Crippen LogP contribution is -2.59. The first-order chi connectivity index (χ1) is 10.1. The Morgan fingerprint density at radius 2 is 2.19 bits per heavy atom. The monoisotopic (exact) mass is 290 g/mol. The number of hydrogen-bond acceptors (Lipinski definition) is 2. The summed E-state index contributed by atoms with van der Waals surface area (Å²) < 4.78 is 2.37. The first-order valence-corrected chi connectivity index (χ1v) is 8.04. The Labute approximate surface area is 126 Å². The number of hydrogen-bond donors (Lipinski definition) is 1. The maximum absolute atomic E-state index is 11.6. The summed E-state index contributed by atoms with van der Waals surface area (Å²) >= 11 is 0. The average molecular weight is 290 g/mol. The number of amides is 2. The number of rotatable bonds is 6. The van der Waals surface area contributed by atoms with Crippen LogP contribution in [0.4, 0.5) is 4.79 Å². The van der Waals surface area contributed by atoms with Gasteiger partial charge in [0.2, 0.25) is 0 Å². The molecule has 2 saturated heterocycles. The van der Waals surface area contributed by atoms with E-state index in [0.717, 1.165) is 45.2 Å². The lowest BCUT2D eigenvalue weighted by atomic mass is 10.1. The van der Waals surface area contributed by atoms with Crippen LogP contribution in [0, 0.1) is 5.92 Å². The predicted octanol–water partition coefficient (Wildman–Crippen LogP) is 1.74. The minimum absolute atomic E-state index is 0.111. The van der Waals surface area contributed by atoms with Gasteiger partial charge >= 0.3 is 6.03 Å². The molecule has 5 heteroatoms. The molecule has 1 aromatic rings. The summed E-state index contributed by atoms with van der Waals surface area (Å²) in [6, 6.07) is 4.88. The highest BCUT2D eigenvalue weighted by molar-refractivity contribution is 5.76. The van der Waals surface area contributed by atoms with E-state index in [1.165, 1.54) is 12.1 Å². The minimum atomic E-state index is 0.111. The van der Waals surface area contributed by atoms with Gasteiger partial charge in [-0.15, -0.1) is 0 Å². The van der Waals surface area contributed by atoms with Crippen molar-refractivity contribution < 1.29 is 4.79 Å². The maximum atomic E-state index is 11.6. The number of likely N-dealkylation sites (tertiary alicyclic amines) is 1. The van der Waals surface area contributed by atoms with E-state index in [0.29, 0.717) is 6.04 Å². The molecular weight excluding hydrogens is 264 g/mol. The molecule has 3 rings (SSSR count). The van der Waals surface area contributed by atoms with Crippen molar-refractivity contribution >= 4 is 6.03 Å². The number of nitrogens with one attached hydrogen (secondary N) is 1. The molecule has 2 aliphatic rings. The molecule has 5 nitrogen and oxygen atoms in total. The largest absolute Gasteiger partial charge is 0.350 e. The number of aromatic nitrogens is 1. The summed E-state index contributed by atoms with van der Waals surface area (Å²) in [5.41, 5.74) is 1.39. The van der Waals surface area contributed by atoms with Crippen LogP contribution in [0.1, 0.15) is 26.0 Å². The molecule has 0 atom stereocenters. The van der Waals surface area contributed by atoms with Gasteiger partial charge in [0, 0.05) is 51.2 Å². The predicted molar refractivity (Wildman–Crippen MR) is 83.1 cm³/mol. The lowest BCUT2D eigenvalue weighted by molar-refractivity contribution is 0.0570. The van der Waals surface area contributed by atoms with Crippen molar-refractivity contribution in [3.8, 4) is 0 Å². The molecule has 116 valence electrons. The highest BCUT2D eigenvalue weighted by Crippen LogP contribution is 2.20. The van der Waals surface area contributed by atoms with Gasteiger partial charge < -0.3 is 14.8 Å².